The Morgan fingerprint density at radius 2 is 2.04 bits per heavy atom. The first kappa shape index (κ1) is 18.4. The summed E-state index contributed by atoms with van der Waals surface area (Å²) in [5.41, 5.74) is -0.777. The molecule has 0 bridgehead atoms. The third-order valence-electron chi connectivity index (χ3n) is 3.72. The average Bonchev–Trinajstić information content (AvgIpc) is 2.92. The summed E-state index contributed by atoms with van der Waals surface area (Å²) in [5.74, 6) is 0.187. The van der Waals surface area contributed by atoms with Crippen LogP contribution in [0.25, 0.3) is 0 Å². The molecule has 1 fully saturated rings. The van der Waals surface area contributed by atoms with E-state index >= 15 is 0 Å². The van der Waals surface area contributed by atoms with Gasteiger partial charge in [0.25, 0.3) is 0 Å². The molecule has 1 aliphatic heterocycles. The summed E-state index contributed by atoms with van der Waals surface area (Å²) in [4.78, 5) is 13.6. The highest BCUT2D eigenvalue weighted by atomic mass is 19.4. The molecule has 24 heavy (non-hydrogen) atoms. The molecule has 0 saturated carbocycles. The third-order valence-corrected chi connectivity index (χ3v) is 3.72. The summed E-state index contributed by atoms with van der Waals surface area (Å²) < 4.78 is 43.4. The second kappa shape index (κ2) is 6.91. The molecule has 1 aromatic carbocycles. The Balaban J connectivity index is 1.85. The van der Waals surface area contributed by atoms with Gasteiger partial charge in [-0.1, -0.05) is 6.07 Å². The van der Waals surface area contributed by atoms with Crippen LogP contribution in [0.5, 0.6) is 0 Å². The molecule has 0 aromatic heterocycles. The molecular weight excluding hydrogens is 321 g/mol. The van der Waals surface area contributed by atoms with E-state index in [2.05, 4.69) is 5.32 Å². The monoisotopic (exact) mass is 344 g/mol. The van der Waals surface area contributed by atoms with E-state index in [0.717, 1.165) is 18.6 Å². The molecule has 0 spiro atoms. The first-order valence-corrected chi connectivity index (χ1v) is 7.94. The van der Waals surface area contributed by atoms with Crippen molar-refractivity contribution < 1.29 is 22.7 Å². The van der Waals surface area contributed by atoms with E-state index in [9.17, 15) is 18.0 Å². The minimum absolute atomic E-state index is 0.187. The van der Waals surface area contributed by atoms with E-state index < -0.39 is 17.3 Å². The van der Waals surface area contributed by atoms with Gasteiger partial charge in [-0.3, -0.25) is 0 Å². The number of amides is 1. The number of halogens is 3. The number of anilines is 1. The number of carbonyl (C=O) groups is 1. The molecule has 0 radical (unpaired) electrons. The zero-order chi connectivity index (χ0) is 18.0. The Labute approximate surface area is 140 Å². The number of rotatable bonds is 3. The maximum atomic E-state index is 12.7. The van der Waals surface area contributed by atoms with Crippen LogP contribution in [0.2, 0.25) is 0 Å². The summed E-state index contributed by atoms with van der Waals surface area (Å²) in [7, 11) is 0. The Morgan fingerprint density at radius 3 is 2.67 bits per heavy atom. The fourth-order valence-corrected chi connectivity index (χ4v) is 2.56. The van der Waals surface area contributed by atoms with Crippen molar-refractivity contribution in [2.24, 2.45) is 5.92 Å². The van der Waals surface area contributed by atoms with Crippen LogP contribution in [0.1, 0.15) is 32.8 Å². The van der Waals surface area contributed by atoms with Crippen molar-refractivity contribution in [1.29, 1.82) is 0 Å². The molecule has 7 heteroatoms. The lowest BCUT2D eigenvalue weighted by Gasteiger charge is -2.24. The lowest BCUT2D eigenvalue weighted by atomic mass is 10.1. The molecule has 4 nitrogen and oxygen atoms in total. The fraction of sp³-hybridized carbons (Fsp3) is 0.588. The van der Waals surface area contributed by atoms with Gasteiger partial charge in [-0.2, -0.15) is 13.2 Å². The third kappa shape index (κ3) is 5.32. The highest BCUT2D eigenvalue weighted by molar-refractivity contribution is 5.68. The molecule has 1 atom stereocenters. The number of alkyl halides is 3. The number of likely N-dealkylation sites (tertiary alicyclic amines) is 1. The van der Waals surface area contributed by atoms with Crippen molar-refractivity contribution in [3.05, 3.63) is 29.8 Å². The van der Waals surface area contributed by atoms with Crippen molar-refractivity contribution in [2.75, 3.05) is 25.0 Å². The molecule has 0 unspecified atom stereocenters. The first-order valence-electron chi connectivity index (χ1n) is 7.94. The minimum Gasteiger partial charge on any atom is -0.444 e. The lowest BCUT2D eigenvalue weighted by Crippen LogP contribution is -2.35. The molecular formula is C17H23F3N2O2. The Kier molecular flexibility index (Phi) is 5.30. The number of hydrogen-bond donors (Lipinski definition) is 1. The van der Waals surface area contributed by atoms with Crippen LogP contribution in [0.4, 0.5) is 23.7 Å². The van der Waals surface area contributed by atoms with Gasteiger partial charge in [-0.25, -0.2) is 4.79 Å². The van der Waals surface area contributed by atoms with E-state index in [1.54, 1.807) is 11.0 Å². The van der Waals surface area contributed by atoms with Gasteiger partial charge >= 0.3 is 12.3 Å². The number of carbonyl (C=O) groups excluding carboxylic acids is 1. The second-order valence-electron chi connectivity index (χ2n) is 7.04. The number of nitrogens with zero attached hydrogens (tertiary/aromatic N) is 1. The van der Waals surface area contributed by atoms with Crippen molar-refractivity contribution in [3.63, 3.8) is 0 Å². The van der Waals surface area contributed by atoms with E-state index in [1.807, 2.05) is 20.8 Å². The summed E-state index contributed by atoms with van der Waals surface area (Å²) in [5, 5.41) is 3.03. The lowest BCUT2D eigenvalue weighted by molar-refractivity contribution is -0.137. The van der Waals surface area contributed by atoms with Gasteiger partial charge in [-0.05, 0) is 51.3 Å². The van der Waals surface area contributed by atoms with Crippen LogP contribution >= 0.6 is 0 Å². The van der Waals surface area contributed by atoms with Gasteiger partial charge < -0.3 is 15.0 Å². The molecule has 0 aliphatic carbocycles. The van der Waals surface area contributed by atoms with Crippen LogP contribution in [0.15, 0.2) is 24.3 Å². The average molecular weight is 344 g/mol. The highest BCUT2D eigenvalue weighted by Crippen LogP contribution is 2.30. The predicted octanol–water partition coefficient (Wildman–Crippen LogP) is 4.37. The normalized spacial score (nSPS) is 18.6. The number of hydrogen-bond acceptors (Lipinski definition) is 3. The molecule has 1 aliphatic rings. The van der Waals surface area contributed by atoms with Gasteiger partial charge in [0.05, 0.1) is 5.56 Å². The Morgan fingerprint density at radius 1 is 1.33 bits per heavy atom. The summed E-state index contributed by atoms with van der Waals surface area (Å²) in [6, 6.07) is 5.13. The van der Waals surface area contributed by atoms with E-state index in [0.29, 0.717) is 25.3 Å². The molecule has 1 aromatic rings. The molecule has 1 N–H and O–H groups in total. The van der Waals surface area contributed by atoms with Crippen LogP contribution in [-0.4, -0.2) is 36.2 Å². The first-order chi connectivity index (χ1) is 11.0. The molecule has 134 valence electrons. The Hall–Kier alpha value is -1.92. The minimum atomic E-state index is -4.35. The van der Waals surface area contributed by atoms with Crippen molar-refractivity contribution >= 4 is 11.8 Å². The summed E-state index contributed by atoms with van der Waals surface area (Å²) in [6.45, 7) is 7.10. The van der Waals surface area contributed by atoms with Crippen LogP contribution < -0.4 is 5.32 Å². The zero-order valence-corrected chi connectivity index (χ0v) is 14.1. The topological polar surface area (TPSA) is 41.6 Å². The molecule has 2 rings (SSSR count). The quantitative estimate of drug-likeness (QED) is 0.885. The maximum absolute atomic E-state index is 12.7. The van der Waals surface area contributed by atoms with Crippen LogP contribution in [0.3, 0.4) is 0 Å². The number of benzene rings is 1. The summed E-state index contributed by atoms with van der Waals surface area (Å²) in [6.07, 6.45) is -3.90. The number of nitrogens with one attached hydrogen (secondary N) is 1. The van der Waals surface area contributed by atoms with E-state index in [-0.39, 0.29) is 12.0 Å². The van der Waals surface area contributed by atoms with Crippen molar-refractivity contribution in [1.82, 2.24) is 4.90 Å². The zero-order valence-electron chi connectivity index (χ0n) is 14.1. The standard InChI is InChI=1S/C17H23F3N2O2/c1-16(2,3)24-15(23)22-8-7-12(11-22)10-21-14-6-4-5-13(9-14)17(18,19)20/h4-6,9,12,21H,7-8,10-11H2,1-3H3/t12-/m0/s1. The maximum Gasteiger partial charge on any atom is 0.416 e. The van der Waals surface area contributed by atoms with E-state index in [1.165, 1.54) is 6.07 Å². The van der Waals surface area contributed by atoms with Crippen LogP contribution in [-0.2, 0) is 10.9 Å². The highest BCUT2D eigenvalue weighted by Gasteiger charge is 2.31. The van der Waals surface area contributed by atoms with Gasteiger partial charge in [0.15, 0.2) is 0 Å². The second-order valence-corrected chi connectivity index (χ2v) is 7.04. The van der Waals surface area contributed by atoms with Gasteiger partial charge in [0.1, 0.15) is 5.60 Å². The molecule has 1 saturated heterocycles. The molecule has 1 amide bonds. The van der Waals surface area contributed by atoms with Crippen LogP contribution in [0, 0.1) is 5.92 Å². The van der Waals surface area contributed by atoms with Crippen molar-refractivity contribution in [2.45, 2.75) is 39.0 Å². The summed E-state index contributed by atoms with van der Waals surface area (Å²) >= 11 is 0. The fourth-order valence-electron chi connectivity index (χ4n) is 2.56. The van der Waals surface area contributed by atoms with Gasteiger partial charge in [0, 0.05) is 25.3 Å². The predicted molar refractivity (Wildman–Crippen MR) is 85.8 cm³/mol. The SMILES string of the molecule is CC(C)(C)OC(=O)N1CC[C@@H](CNc2cccc(C(F)(F)F)c2)C1. The van der Waals surface area contributed by atoms with Crippen molar-refractivity contribution in [3.8, 4) is 0 Å². The van der Waals surface area contributed by atoms with E-state index in [4.69, 9.17) is 4.74 Å². The molecule has 1 heterocycles. The smallest absolute Gasteiger partial charge is 0.416 e. The van der Waals surface area contributed by atoms with Gasteiger partial charge in [-0.15, -0.1) is 0 Å². The number of ether oxygens (including phenoxy) is 1. The largest absolute Gasteiger partial charge is 0.444 e. The Bertz CT molecular complexity index is 582. The van der Waals surface area contributed by atoms with Gasteiger partial charge in [0.2, 0.25) is 0 Å².